The minimum Gasteiger partial charge on any atom is -0.354 e. The normalized spacial score (nSPS) is 10.7. The number of carbonyl (C=O) groups is 1. The highest BCUT2D eigenvalue weighted by Crippen LogP contribution is 2.24. The van der Waals surface area contributed by atoms with Crippen LogP contribution in [0.5, 0.6) is 0 Å². The van der Waals surface area contributed by atoms with E-state index in [1.54, 1.807) is 13.8 Å². The fourth-order valence-electron chi connectivity index (χ4n) is 2.71. The first kappa shape index (κ1) is 26.1. The van der Waals surface area contributed by atoms with Crippen molar-refractivity contribution >= 4 is 39.2 Å². The van der Waals surface area contributed by atoms with Gasteiger partial charge in [0.05, 0.1) is 5.69 Å². The van der Waals surface area contributed by atoms with Crippen LogP contribution in [0.4, 0.5) is 16.2 Å². The molecule has 0 bridgehead atoms. The zero-order chi connectivity index (χ0) is 24.3. The van der Waals surface area contributed by atoms with Gasteiger partial charge in [0.1, 0.15) is 4.90 Å². The molecule has 0 aliphatic rings. The average Bonchev–Trinajstić information content (AvgIpc) is 2.74. The van der Waals surface area contributed by atoms with E-state index >= 15 is 0 Å². The van der Waals surface area contributed by atoms with Gasteiger partial charge in [0.15, 0.2) is 18.3 Å². The molecular weight excluding hydrogens is 458 g/mol. The van der Waals surface area contributed by atoms with E-state index in [0.717, 1.165) is 17.1 Å². The van der Waals surface area contributed by atoms with Gasteiger partial charge in [0.2, 0.25) is 0 Å². The number of aromatic nitrogens is 2. The molecule has 0 radical (unpaired) electrons. The summed E-state index contributed by atoms with van der Waals surface area (Å²) in [6.07, 6.45) is 8.90. The number of nitrogens with one attached hydrogen (secondary N) is 3. The van der Waals surface area contributed by atoms with E-state index in [0.29, 0.717) is 5.69 Å². The van der Waals surface area contributed by atoms with E-state index in [2.05, 4.69) is 38.8 Å². The molecule has 0 fully saturated rings. The highest BCUT2D eigenvalue weighted by atomic mass is 32.2. The number of nitrogens with zero attached hydrogens (tertiary/aromatic N) is 2. The lowest BCUT2D eigenvalue weighted by atomic mass is 10.2. The molecule has 3 rings (SSSR count). The third-order valence-electron chi connectivity index (χ3n) is 4.07. The fourth-order valence-corrected chi connectivity index (χ4v) is 4.21. The number of aryl methyl sites for hydroxylation is 1. The molecule has 0 saturated carbocycles. The minimum absolute atomic E-state index is 0.106. The van der Waals surface area contributed by atoms with Crippen LogP contribution in [-0.4, -0.2) is 31.7 Å². The Morgan fingerprint density at radius 1 is 1.12 bits per heavy atom. The van der Waals surface area contributed by atoms with Gasteiger partial charge < -0.3 is 10.6 Å². The van der Waals surface area contributed by atoms with Crippen LogP contribution in [0, 0.1) is 6.92 Å². The molecule has 0 unspecified atom stereocenters. The summed E-state index contributed by atoms with van der Waals surface area (Å²) in [6, 6.07) is 14.2. The summed E-state index contributed by atoms with van der Waals surface area (Å²) in [5.74, 6) is 1.04. The van der Waals surface area contributed by atoms with Crippen LogP contribution in [0.25, 0.3) is 0 Å². The number of hydrogen-bond donors (Lipinski definition) is 3. The van der Waals surface area contributed by atoms with Crippen molar-refractivity contribution in [2.45, 2.75) is 37.6 Å². The summed E-state index contributed by atoms with van der Waals surface area (Å²) >= 11 is 1.82. The number of rotatable bonds is 7. The highest BCUT2D eigenvalue weighted by Gasteiger charge is 2.22. The van der Waals surface area contributed by atoms with E-state index in [-0.39, 0.29) is 10.9 Å². The van der Waals surface area contributed by atoms with Gasteiger partial charge in [-0.05, 0) is 50.8 Å². The molecule has 2 aromatic heterocycles. The van der Waals surface area contributed by atoms with Crippen molar-refractivity contribution in [2.75, 3.05) is 11.6 Å². The smallest absolute Gasteiger partial charge is 0.328 e. The second-order valence-corrected chi connectivity index (χ2v) is 9.89. The molecule has 0 saturated heterocycles. The molecule has 176 valence electrons. The van der Waals surface area contributed by atoms with Gasteiger partial charge in [0, 0.05) is 36.3 Å². The molecular formula is C23H30N5O3S2+. The van der Waals surface area contributed by atoms with E-state index in [4.69, 9.17) is 0 Å². The highest BCUT2D eigenvalue weighted by molar-refractivity contribution is 7.97. The molecule has 10 heteroatoms. The number of amides is 2. The first-order valence-electron chi connectivity index (χ1n) is 10.3. The molecule has 33 heavy (non-hydrogen) atoms. The maximum atomic E-state index is 12.5. The third-order valence-corrected chi connectivity index (χ3v) is 5.99. The predicted molar refractivity (Wildman–Crippen MR) is 133 cm³/mol. The Hall–Kier alpha value is -3.11. The van der Waals surface area contributed by atoms with Crippen molar-refractivity contribution in [3.05, 3.63) is 78.9 Å². The van der Waals surface area contributed by atoms with E-state index in [9.17, 15) is 13.2 Å². The quantitative estimate of drug-likeness (QED) is 0.437. The minimum atomic E-state index is -4.05. The molecule has 3 N–H and O–H groups in total. The van der Waals surface area contributed by atoms with Crippen molar-refractivity contribution in [2.24, 2.45) is 0 Å². The average molecular weight is 489 g/mol. The van der Waals surface area contributed by atoms with Crippen LogP contribution in [0.15, 0.2) is 78.2 Å². The summed E-state index contributed by atoms with van der Waals surface area (Å²) in [7, 11) is -4.05. The van der Waals surface area contributed by atoms with Crippen molar-refractivity contribution in [3.8, 4) is 0 Å². The van der Waals surface area contributed by atoms with Crippen LogP contribution in [-0.2, 0) is 15.9 Å². The van der Waals surface area contributed by atoms with Crippen LogP contribution in [0.1, 0.15) is 19.4 Å². The van der Waals surface area contributed by atoms with Gasteiger partial charge in [-0.3, -0.25) is 4.98 Å². The Morgan fingerprint density at radius 3 is 2.48 bits per heavy atom. The van der Waals surface area contributed by atoms with Crippen molar-refractivity contribution in [3.63, 3.8) is 0 Å². The lowest BCUT2D eigenvalue weighted by Gasteiger charge is -2.14. The number of benzene rings is 1. The van der Waals surface area contributed by atoms with Gasteiger partial charge >= 0.3 is 6.03 Å². The monoisotopic (exact) mass is 488 g/mol. The predicted octanol–water partition coefficient (Wildman–Crippen LogP) is 3.82. The van der Waals surface area contributed by atoms with E-state index in [1.165, 1.54) is 18.5 Å². The van der Waals surface area contributed by atoms with E-state index in [1.807, 2.05) is 65.9 Å². The molecule has 3 aromatic rings. The largest absolute Gasteiger partial charge is 0.354 e. The standard InChI is InChI=1S/C16H20N4O3S.C7H10NS/c1-11(2)18-16(21)20-24(22,23)15-10-17-8-7-14(15)19-13-6-4-5-12(3)9-13;1-9-7-8-5-3-2-4-6-8/h4-11H,1-3H3,(H,17,19)(H2,18,20,21);2-6H,7H2,1H3/q;+1. The first-order valence-corrected chi connectivity index (χ1v) is 13.1. The number of pyridine rings is 2. The lowest BCUT2D eigenvalue weighted by Crippen LogP contribution is -2.42. The molecule has 8 nitrogen and oxygen atoms in total. The van der Waals surface area contributed by atoms with Crippen LogP contribution in [0.2, 0.25) is 0 Å². The molecule has 1 aromatic carbocycles. The number of carbonyl (C=O) groups excluding carboxylic acids is 1. The first-order chi connectivity index (χ1) is 15.7. The number of urea groups is 1. The molecule has 0 spiro atoms. The zero-order valence-corrected chi connectivity index (χ0v) is 20.8. The molecule has 0 aliphatic carbocycles. The van der Waals surface area contributed by atoms with Crippen molar-refractivity contribution in [1.82, 2.24) is 15.0 Å². The number of anilines is 2. The third kappa shape index (κ3) is 9.11. The van der Waals surface area contributed by atoms with Gasteiger partial charge in [0.25, 0.3) is 10.0 Å². The number of sulfonamides is 1. The number of hydrogen-bond acceptors (Lipinski definition) is 6. The lowest BCUT2D eigenvalue weighted by molar-refractivity contribution is -0.675. The summed E-state index contributed by atoms with van der Waals surface area (Å²) in [5.41, 5.74) is 2.11. The van der Waals surface area contributed by atoms with Gasteiger partial charge in [-0.2, -0.15) is 4.57 Å². The zero-order valence-electron chi connectivity index (χ0n) is 19.1. The fraction of sp³-hybridized carbons (Fsp3) is 0.261. The Morgan fingerprint density at radius 2 is 1.85 bits per heavy atom. The van der Waals surface area contributed by atoms with Crippen LogP contribution < -0.4 is 19.9 Å². The van der Waals surface area contributed by atoms with Gasteiger partial charge in [-0.25, -0.2) is 17.9 Å². The summed E-state index contributed by atoms with van der Waals surface area (Å²) in [6.45, 7) is 5.41. The SMILES string of the molecule is CSC[n+]1ccccc1.Cc1cccc(Nc2ccncc2S(=O)(=O)NC(=O)NC(C)C)c1. The Balaban J connectivity index is 0.000000357. The van der Waals surface area contributed by atoms with Crippen LogP contribution >= 0.6 is 11.8 Å². The maximum Gasteiger partial charge on any atom is 0.328 e. The van der Waals surface area contributed by atoms with Gasteiger partial charge in [-0.15, -0.1) is 0 Å². The molecule has 2 heterocycles. The van der Waals surface area contributed by atoms with Crippen molar-refractivity contribution < 1.29 is 17.8 Å². The number of thioether (sulfide) groups is 1. The van der Waals surface area contributed by atoms with Crippen LogP contribution in [0.3, 0.4) is 0 Å². The van der Waals surface area contributed by atoms with Crippen molar-refractivity contribution in [1.29, 1.82) is 0 Å². The summed E-state index contributed by atoms with van der Waals surface area (Å²) < 4.78 is 29.0. The Kier molecular flexibility index (Phi) is 10.1. The van der Waals surface area contributed by atoms with Gasteiger partial charge in [-0.1, -0.05) is 30.0 Å². The van der Waals surface area contributed by atoms with E-state index < -0.39 is 16.1 Å². The molecule has 2 amide bonds. The maximum absolute atomic E-state index is 12.5. The second-order valence-electron chi connectivity index (χ2n) is 7.41. The molecule has 0 atom stereocenters. The second kappa shape index (κ2) is 12.8. The Labute approximate surface area is 199 Å². The summed E-state index contributed by atoms with van der Waals surface area (Å²) in [4.78, 5) is 15.5. The topological polar surface area (TPSA) is 104 Å². The Bertz CT molecular complexity index is 1140. The molecule has 0 aliphatic heterocycles. The summed E-state index contributed by atoms with van der Waals surface area (Å²) in [5, 5.41) is 5.52.